The van der Waals surface area contributed by atoms with E-state index >= 15 is 0 Å². The van der Waals surface area contributed by atoms with Crippen LogP contribution in [-0.2, 0) is 6.42 Å². The maximum Gasteiger partial charge on any atom is 0.343 e. The van der Waals surface area contributed by atoms with E-state index in [2.05, 4.69) is 0 Å². The lowest BCUT2D eigenvalue weighted by atomic mass is 10.0. The maximum atomic E-state index is 12.1. The molecule has 0 aliphatic heterocycles. The zero-order chi connectivity index (χ0) is 18.2. The van der Waals surface area contributed by atoms with Gasteiger partial charge < -0.3 is 4.74 Å². The quantitative estimate of drug-likeness (QED) is 0.340. The maximum absolute atomic E-state index is 12.1. The highest BCUT2D eigenvalue weighted by Gasteiger charge is 2.09. The highest BCUT2D eigenvalue weighted by atomic mass is 16.5. The largest absolute Gasteiger partial charge is 0.423 e. The molecule has 3 nitrogen and oxygen atoms in total. The summed E-state index contributed by atoms with van der Waals surface area (Å²) in [7, 11) is 0. The molecule has 3 heteroatoms. The fourth-order valence-electron chi connectivity index (χ4n) is 2.73. The first-order valence-electron chi connectivity index (χ1n) is 8.67. The monoisotopic (exact) mass is 344 g/mol. The van der Waals surface area contributed by atoms with Crippen molar-refractivity contribution in [2.45, 2.75) is 19.3 Å². The van der Waals surface area contributed by atoms with Gasteiger partial charge in [0, 0.05) is 12.0 Å². The van der Waals surface area contributed by atoms with Crippen LogP contribution < -0.4 is 4.74 Å². The fraction of sp³-hybridized carbons (Fsp3) is 0.130. The molecule has 0 N–H and O–H groups in total. The molecule has 0 bridgehead atoms. The number of hydrogen-bond acceptors (Lipinski definition) is 3. The number of ether oxygens (including phenoxy) is 1. The summed E-state index contributed by atoms with van der Waals surface area (Å²) in [5, 5.41) is 0. The molecule has 26 heavy (non-hydrogen) atoms. The van der Waals surface area contributed by atoms with Gasteiger partial charge in [-0.25, -0.2) is 4.79 Å². The van der Waals surface area contributed by atoms with Crippen molar-refractivity contribution in [1.82, 2.24) is 0 Å². The molecule has 0 amide bonds. The van der Waals surface area contributed by atoms with E-state index in [1.807, 2.05) is 54.6 Å². The highest BCUT2D eigenvalue weighted by molar-refractivity contribution is 5.96. The minimum Gasteiger partial charge on any atom is -0.423 e. The molecule has 0 fully saturated rings. The van der Waals surface area contributed by atoms with Crippen LogP contribution in [0.5, 0.6) is 5.75 Å². The summed E-state index contributed by atoms with van der Waals surface area (Å²) >= 11 is 0. The Morgan fingerprint density at radius 1 is 0.731 bits per heavy atom. The number of esters is 1. The molecule has 3 aromatic carbocycles. The van der Waals surface area contributed by atoms with Gasteiger partial charge in [-0.3, -0.25) is 4.79 Å². The van der Waals surface area contributed by atoms with Crippen LogP contribution in [0.4, 0.5) is 0 Å². The van der Waals surface area contributed by atoms with E-state index in [4.69, 9.17) is 4.74 Å². The van der Waals surface area contributed by atoms with Crippen LogP contribution in [0.1, 0.15) is 39.1 Å². The van der Waals surface area contributed by atoms with Crippen molar-refractivity contribution in [1.29, 1.82) is 0 Å². The zero-order valence-corrected chi connectivity index (χ0v) is 14.4. The van der Waals surface area contributed by atoms with Crippen LogP contribution in [0, 0.1) is 0 Å². The van der Waals surface area contributed by atoms with Gasteiger partial charge in [-0.2, -0.15) is 0 Å². The number of Topliss-reactive ketones (excluding diaryl/α,β-unsaturated/α-hetero) is 1. The van der Waals surface area contributed by atoms with Crippen molar-refractivity contribution >= 4 is 11.8 Å². The van der Waals surface area contributed by atoms with E-state index in [0.29, 0.717) is 17.7 Å². The summed E-state index contributed by atoms with van der Waals surface area (Å²) in [4.78, 5) is 24.3. The average molecular weight is 344 g/mol. The Balaban J connectivity index is 1.54. The number of ketones is 1. The molecule has 130 valence electrons. The first-order valence-corrected chi connectivity index (χ1v) is 8.67. The van der Waals surface area contributed by atoms with Gasteiger partial charge in [0.1, 0.15) is 5.75 Å². The molecule has 3 rings (SSSR count). The standard InChI is InChI=1S/C23H20O3/c24-22(19-11-3-1-4-12-19)16-8-10-18-9-7-15-21(17-18)26-23(25)20-13-5-2-6-14-20/h1-7,9,11-15,17H,8,10,16H2. The third kappa shape index (κ3) is 4.90. The Kier molecular flexibility index (Phi) is 5.94. The summed E-state index contributed by atoms with van der Waals surface area (Å²) in [5.74, 6) is 0.296. The molecule has 0 unspecified atom stereocenters. The van der Waals surface area contributed by atoms with Crippen molar-refractivity contribution < 1.29 is 14.3 Å². The van der Waals surface area contributed by atoms with Crippen LogP contribution in [0.15, 0.2) is 84.9 Å². The highest BCUT2D eigenvalue weighted by Crippen LogP contribution is 2.17. The lowest BCUT2D eigenvalue weighted by Gasteiger charge is -2.07. The number of rotatable bonds is 7. The Hall–Kier alpha value is -3.20. The van der Waals surface area contributed by atoms with Crippen LogP contribution >= 0.6 is 0 Å². The Morgan fingerprint density at radius 3 is 2.08 bits per heavy atom. The van der Waals surface area contributed by atoms with Crippen molar-refractivity contribution in [2.75, 3.05) is 0 Å². The smallest absolute Gasteiger partial charge is 0.343 e. The minimum absolute atomic E-state index is 0.150. The number of aryl methyl sites for hydroxylation is 1. The van der Waals surface area contributed by atoms with Gasteiger partial charge in [0.25, 0.3) is 0 Å². The normalized spacial score (nSPS) is 10.3. The molecular weight excluding hydrogens is 324 g/mol. The average Bonchev–Trinajstić information content (AvgIpc) is 2.69. The van der Waals surface area contributed by atoms with E-state index < -0.39 is 0 Å². The molecule has 0 heterocycles. The van der Waals surface area contributed by atoms with Crippen molar-refractivity contribution in [2.24, 2.45) is 0 Å². The van der Waals surface area contributed by atoms with E-state index in [-0.39, 0.29) is 11.8 Å². The third-order valence-electron chi connectivity index (χ3n) is 4.08. The Bertz CT molecular complexity index is 870. The van der Waals surface area contributed by atoms with Gasteiger partial charge >= 0.3 is 5.97 Å². The minimum atomic E-state index is -0.373. The second kappa shape index (κ2) is 8.77. The van der Waals surface area contributed by atoms with Crippen molar-refractivity contribution in [3.05, 3.63) is 102 Å². The van der Waals surface area contributed by atoms with Gasteiger partial charge in [0.05, 0.1) is 5.56 Å². The number of benzene rings is 3. The predicted octanol–water partition coefficient (Wildman–Crippen LogP) is 5.11. The van der Waals surface area contributed by atoms with Gasteiger partial charge in [-0.05, 0) is 42.7 Å². The fourth-order valence-corrected chi connectivity index (χ4v) is 2.73. The predicted molar refractivity (Wildman–Crippen MR) is 102 cm³/mol. The third-order valence-corrected chi connectivity index (χ3v) is 4.08. The van der Waals surface area contributed by atoms with E-state index in [9.17, 15) is 9.59 Å². The van der Waals surface area contributed by atoms with Crippen LogP contribution in [0.3, 0.4) is 0 Å². The number of carbonyl (C=O) groups is 2. The SMILES string of the molecule is O=C(CCCc1cccc(OC(=O)c2ccccc2)c1)c1ccccc1. The molecule has 0 radical (unpaired) electrons. The van der Waals surface area contributed by atoms with Crippen LogP contribution in [0.2, 0.25) is 0 Å². The van der Waals surface area contributed by atoms with E-state index in [1.165, 1.54) is 0 Å². The van der Waals surface area contributed by atoms with Gasteiger partial charge in [0.2, 0.25) is 0 Å². The first-order chi connectivity index (χ1) is 12.7. The molecule has 0 aliphatic carbocycles. The second-order valence-corrected chi connectivity index (χ2v) is 6.05. The van der Waals surface area contributed by atoms with Gasteiger partial charge in [-0.1, -0.05) is 60.7 Å². The summed E-state index contributed by atoms with van der Waals surface area (Å²) in [5.41, 5.74) is 2.31. The lowest BCUT2D eigenvalue weighted by Crippen LogP contribution is -2.08. The van der Waals surface area contributed by atoms with Crippen molar-refractivity contribution in [3.63, 3.8) is 0 Å². The molecule has 0 saturated carbocycles. The number of hydrogen-bond donors (Lipinski definition) is 0. The molecule has 0 spiro atoms. The summed E-state index contributed by atoms with van der Waals surface area (Å²) < 4.78 is 5.43. The summed E-state index contributed by atoms with van der Waals surface area (Å²) in [6.45, 7) is 0. The van der Waals surface area contributed by atoms with E-state index in [0.717, 1.165) is 24.0 Å². The molecule has 0 atom stereocenters. The van der Waals surface area contributed by atoms with Crippen LogP contribution in [0.25, 0.3) is 0 Å². The molecule has 3 aromatic rings. The summed E-state index contributed by atoms with van der Waals surface area (Å²) in [6, 6.07) is 25.7. The van der Waals surface area contributed by atoms with Crippen LogP contribution in [-0.4, -0.2) is 11.8 Å². The van der Waals surface area contributed by atoms with Crippen molar-refractivity contribution in [3.8, 4) is 5.75 Å². The zero-order valence-electron chi connectivity index (χ0n) is 14.4. The lowest BCUT2D eigenvalue weighted by molar-refractivity contribution is 0.0734. The first kappa shape index (κ1) is 17.6. The number of carbonyl (C=O) groups excluding carboxylic acids is 2. The van der Waals surface area contributed by atoms with E-state index in [1.54, 1.807) is 30.3 Å². The Morgan fingerprint density at radius 2 is 1.38 bits per heavy atom. The molecule has 0 aliphatic rings. The topological polar surface area (TPSA) is 43.4 Å². The second-order valence-electron chi connectivity index (χ2n) is 6.05. The van der Waals surface area contributed by atoms with Gasteiger partial charge in [-0.15, -0.1) is 0 Å². The summed E-state index contributed by atoms with van der Waals surface area (Å²) in [6.07, 6.45) is 2.01. The molecule has 0 aromatic heterocycles. The molecular formula is C23H20O3. The Labute approximate surface area is 153 Å². The van der Waals surface area contributed by atoms with Gasteiger partial charge in [0.15, 0.2) is 5.78 Å². The molecule has 0 saturated heterocycles.